The monoisotopic (exact) mass is 357 g/mol. The van der Waals surface area contributed by atoms with Crippen LogP contribution in [0.2, 0.25) is 0 Å². The Morgan fingerprint density at radius 1 is 1.08 bits per heavy atom. The van der Waals surface area contributed by atoms with Gasteiger partial charge in [0.1, 0.15) is 12.4 Å². The molecule has 0 fully saturated rings. The fraction of sp³-hybridized carbons (Fsp3) is 0.381. The standard InChI is InChI=1S/C21H27NO4/c1-6-16-9-8-10-19(22(24)21(23)25-5)18(16)13-26-20-12-14(3)17(7-2)11-15(20)4/h8-12,24H,6-7,13H2,1-5H3. The van der Waals surface area contributed by atoms with Crippen molar-refractivity contribution in [2.24, 2.45) is 0 Å². The molecule has 0 atom stereocenters. The molecule has 0 aliphatic carbocycles. The molecular weight excluding hydrogens is 330 g/mol. The van der Waals surface area contributed by atoms with E-state index in [0.29, 0.717) is 10.8 Å². The summed E-state index contributed by atoms with van der Waals surface area (Å²) in [6, 6.07) is 9.62. The molecule has 1 N–H and O–H groups in total. The van der Waals surface area contributed by atoms with Crippen molar-refractivity contribution in [1.29, 1.82) is 0 Å². The molecule has 2 aromatic rings. The van der Waals surface area contributed by atoms with Crippen molar-refractivity contribution in [2.75, 3.05) is 12.2 Å². The lowest BCUT2D eigenvalue weighted by molar-refractivity contribution is 0.140. The van der Waals surface area contributed by atoms with Gasteiger partial charge in [-0.1, -0.05) is 32.0 Å². The van der Waals surface area contributed by atoms with Crippen LogP contribution in [-0.2, 0) is 24.2 Å². The Morgan fingerprint density at radius 3 is 2.38 bits per heavy atom. The van der Waals surface area contributed by atoms with Gasteiger partial charge in [0.2, 0.25) is 0 Å². The number of hydrogen-bond donors (Lipinski definition) is 1. The zero-order chi connectivity index (χ0) is 19.3. The van der Waals surface area contributed by atoms with Crippen LogP contribution in [0.1, 0.15) is 41.7 Å². The van der Waals surface area contributed by atoms with Crippen molar-refractivity contribution in [2.45, 2.75) is 47.1 Å². The maximum Gasteiger partial charge on any atom is 0.438 e. The Labute approximate surface area is 155 Å². The van der Waals surface area contributed by atoms with E-state index in [0.717, 1.165) is 35.3 Å². The van der Waals surface area contributed by atoms with Crippen molar-refractivity contribution in [1.82, 2.24) is 0 Å². The van der Waals surface area contributed by atoms with Gasteiger partial charge in [-0.3, -0.25) is 5.21 Å². The van der Waals surface area contributed by atoms with Gasteiger partial charge in [-0.15, -0.1) is 0 Å². The van der Waals surface area contributed by atoms with Crippen LogP contribution in [0.25, 0.3) is 0 Å². The highest BCUT2D eigenvalue weighted by atomic mass is 16.6. The molecule has 0 aliphatic rings. The van der Waals surface area contributed by atoms with E-state index < -0.39 is 6.09 Å². The summed E-state index contributed by atoms with van der Waals surface area (Å²) in [6.07, 6.45) is 0.904. The van der Waals surface area contributed by atoms with Crippen LogP contribution in [0.15, 0.2) is 30.3 Å². The van der Waals surface area contributed by atoms with Gasteiger partial charge in [-0.2, -0.15) is 5.06 Å². The van der Waals surface area contributed by atoms with E-state index in [2.05, 4.69) is 24.7 Å². The highest BCUT2D eigenvalue weighted by molar-refractivity contribution is 5.86. The quantitative estimate of drug-likeness (QED) is 0.586. The first kappa shape index (κ1) is 19.8. The number of anilines is 1. The number of hydrogen-bond acceptors (Lipinski definition) is 4. The number of methoxy groups -OCH3 is 1. The van der Waals surface area contributed by atoms with Crippen molar-refractivity contribution in [3.8, 4) is 5.75 Å². The van der Waals surface area contributed by atoms with Gasteiger partial charge in [-0.05, 0) is 61.1 Å². The predicted molar refractivity (Wildman–Crippen MR) is 102 cm³/mol. The van der Waals surface area contributed by atoms with Crippen molar-refractivity contribution >= 4 is 11.8 Å². The van der Waals surface area contributed by atoms with E-state index in [1.54, 1.807) is 12.1 Å². The topological polar surface area (TPSA) is 59.0 Å². The van der Waals surface area contributed by atoms with Crippen LogP contribution >= 0.6 is 0 Å². The number of amides is 1. The van der Waals surface area contributed by atoms with Crippen molar-refractivity contribution in [3.05, 3.63) is 58.1 Å². The first-order chi connectivity index (χ1) is 12.4. The number of rotatable bonds is 6. The molecule has 5 heteroatoms. The molecule has 0 spiro atoms. The van der Waals surface area contributed by atoms with Crippen LogP contribution in [-0.4, -0.2) is 18.4 Å². The Balaban J connectivity index is 2.34. The summed E-state index contributed by atoms with van der Waals surface area (Å²) in [4.78, 5) is 11.7. The molecular formula is C21H27NO4. The third-order valence-corrected chi connectivity index (χ3v) is 4.59. The maximum absolute atomic E-state index is 11.7. The van der Waals surface area contributed by atoms with Gasteiger partial charge in [0.05, 0.1) is 12.8 Å². The normalized spacial score (nSPS) is 10.5. The molecule has 5 nitrogen and oxygen atoms in total. The zero-order valence-electron chi connectivity index (χ0n) is 16.1. The fourth-order valence-corrected chi connectivity index (χ4v) is 3.04. The number of benzene rings is 2. The largest absolute Gasteiger partial charge is 0.489 e. The summed E-state index contributed by atoms with van der Waals surface area (Å²) in [5.74, 6) is 0.805. The Hall–Kier alpha value is -2.53. The first-order valence-corrected chi connectivity index (χ1v) is 8.83. The molecule has 1 amide bonds. The molecule has 0 aliphatic heterocycles. The second-order valence-corrected chi connectivity index (χ2v) is 6.24. The minimum Gasteiger partial charge on any atom is -0.489 e. The molecule has 140 valence electrons. The van der Waals surface area contributed by atoms with Gasteiger partial charge in [0.25, 0.3) is 0 Å². The van der Waals surface area contributed by atoms with E-state index in [-0.39, 0.29) is 6.61 Å². The van der Waals surface area contributed by atoms with Crippen LogP contribution in [0.3, 0.4) is 0 Å². The molecule has 0 saturated heterocycles. The van der Waals surface area contributed by atoms with Gasteiger partial charge in [0, 0.05) is 5.56 Å². The Bertz CT molecular complexity index is 786. The average Bonchev–Trinajstić information content (AvgIpc) is 2.66. The predicted octanol–water partition coefficient (Wildman–Crippen LogP) is 4.97. The minimum absolute atomic E-state index is 0.249. The third kappa shape index (κ3) is 4.17. The van der Waals surface area contributed by atoms with Gasteiger partial charge in [-0.25, -0.2) is 4.79 Å². The summed E-state index contributed by atoms with van der Waals surface area (Å²) in [7, 11) is 1.23. The number of hydroxylamine groups is 1. The lowest BCUT2D eigenvalue weighted by Gasteiger charge is -2.20. The van der Waals surface area contributed by atoms with Crippen LogP contribution < -0.4 is 9.80 Å². The zero-order valence-corrected chi connectivity index (χ0v) is 16.1. The Morgan fingerprint density at radius 2 is 1.77 bits per heavy atom. The van der Waals surface area contributed by atoms with Gasteiger partial charge >= 0.3 is 6.09 Å². The molecule has 2 aromatic carbocycles. The lowest BCUT2D eigenvalue weighted by Crippen LogP contribution is -2.28. The smallest absolute Gasteiger partial charge is 0.438 e. The number of ether oxygens (including phenoxy) is 2. The lowest BCUT2D eigenvalue weighted by atomic mass is 10.0. The molecule has 26 heavy (non-hydrogen) atoms. The van der Waals surface area contributed by atoms with Crippen LogP contribution in [0, 0.1) is 13.8 Å². The number of carbonyl (C=O) groups is 1. The van der Waals surface area contributed by atoms with Gasteiger partial charge < -0.3 is 9.47 Å². The summed E-state index contributed by atoms with van der Waals surface area (Å²) >= 11 is 0. The van der Waals surface area contributed by atoms with E-state index in [9.17, 15) is 10.0 Å². The second kappa shape index (κ2) is 8.72. The minimum atomic E-state index is -0.834. The van der Waals surface area contributed by atoms with E-state index in [1.165, 1.54) is 18.2 Å². The highest BCUT2D eigenvalue weighted by Crippen LogP contribution is 2.28. The maximum atomic E-state index is 11.7. The molecule has 0 bridgehead atoms. The molecule has 0 radical (unpaired) electrons. The van der Waals surface area contributed by atoms with Crippen molar-refractivity contribution < 1.29 is 19.5 Å². The molecule has 0 saturated carbocycles. The molecule has 2 rings (SSSR count). The Kier molecular flexibility index (Phi) is 6.64. The van der Waals surface area contributed by atoms with E-state index in [1.807, 2.05) is 26.0 Å². The van der Waals surface area contributed by atoms with Crippen LogP contribution in [0.4, 0.5) is 10.5 Å². The summed E-state index contributed by atoms with van der Waals surface area (Å²) in [5.41, 5.74) is 5.70. The summed E-state index contributed by atoms with van der Waals surface area (Å²) in [5, 5.41) is 10.7. The van der Waals surface area contributed by atoms with E-state index >= 15 is 0 Å². The number of aryl methyl sites for hydroxylation is 4. The van der Waals surface area contributed by atoms with Crippen molar-refractivity contribution in [3.63, 3.8) is 0 Å². The third-order valence-electron chi connectivity index (χ3n) is 4.59. The molecule has 0 aromatic heterocycles. The molecule has 0 heterocycles. The average molecular weight is 357 g/mol. The fourth-order valence-electron chi connectivity index (χ4n) is 3.04. The molecule has 0 unspecified atom stereocenters. The SMILES string of the molecule is CCc1cc(C)c(OCc2c(CC)cccc2N(O)C(=O)OC)cc1C. The highest BCUT2D eigenvalue weighted by Gasteiger charge is 2.19. The van der Waals surface area contributed by atoms with E-state index in [4.69, 9.17) is 4.74 Å². The first-order valence-electron chi connectivity index (χ1n) is 8.83. The summed E-state index contributed by atoms with van der Waals surface area (Å²) < 4.78 is 10.7. The van der Waals surface area contributed by atoms with Gasteiger partial charge in [0.15, 0.2) is 0 Å². The number of carbonyl (C=O) groups excluding carboxylic acids is 1. The number of nitrogens with zero attached hydrogens (tertiary/aromatic N) is 1. The second-order valence-electron chi connectivity index (χ2n) is 6.24. The summed E-state index contributed by atoms with van der Waals surface area (Å²) in [6.45, 7) is 8.50. The van der Waals surface area contributed by atoms with Crippen LogP contribution in [0.5, 0.6) is 5.75 Å².